The lowest BCUT2D eigenvalue weighted by Crippen LogP contribution is -1.99. The van der Waals surface area contributed by atoms with E-state index in [2.05, 4.69) is 37.9 Å². The normalized spacial score (nSPS) is 12.0. The fourth-order valence-electron chi connectivity index (χ4n) is 3.95. The van der Waals surface area contributed by atoms with Crippen LogP contribution in [0.1, 0.15) is 104 Å². The predicted octanol–water partition coefficient (Wildman–Crippen LogP) is 9.25. The maximum absolute atomic E-state index is 5.91. The summed E-state index contributed by atoms with van der Waals surface area (Å²) >= 11 is 0. The van der Waals surface area contributed by atoms with Crippen LogP contribution in [-0.2, 0) is 0 Å². The molecule has 0 N–H and O–H groups in total. The van der Waals surface area contributed by atoms with E-state index in [0.29, 0.717) is 0 Å². The maximum atomic E-state index is 5.91. The zero-order valence-corrected chi connectivity index (χ0v) is 21.5. The van der Waals surface area contributed by atoms with Gasteiger partial charge in [-0.25, -0.2) is 0 Å². The highest BCUT2D eigenvalue weighted by molar-refractivity contribution is 5.60. The largest absolute Gasteiger partial charge is 0.494 e. The molecule has 33 heavy (non-hydrogen) atoms. The van der Waals surface area contributed by atoms with E-state index in [4.69, 9.17) is 9.47 Å². The molecule has 0 bridgehead atoms. The minimum atomic E-state index is 0.777. The molecule has 0 radical (unpaired) electrons. The molecule has 1 atom stereocenters. The molecule has 3 nitrogen and oxygen atoms in total. The monoisotopic (exact) mass is 453 g/mol. The number of hydrogen-bond acceptors (Lipinski definition) is 3. The zero-order chi connectivity index (χ0) is 23.6. The summed E-state index contributed by atoms with van der Waals surface area (Å²) in [4.78, 5) is 4.59. The van der Waals surface area contributed by atoms with Crippen molar-refractivity contribution in [2.75, 3.05) is 13.2 Å². The van der Waals surface area contributed by atoms with Gasteiger partial charge in [0.1, 0.15) is 11.5 Å². The average Bonchev–Trinajstić information content (AvgIpc) is 2.85. The summed E-state index contributed by atoms with van der Waals surface area (Å²) < 4.78 is 11.8. The van der Waals surface area contributed by atoms with Crippen molar-refractivity contribution in [2.45, 2.75) is 104 Å². The molecule has 0 fully saturated rings. The average molecular weight is 454 g/mol. The molecule has 2 aromatic rings. The van der Waals surface area contributed by atoms with E-state index in [1.165, 1.54) is 70.6 Å². The van der Waals surface area contributed by atoms with Gasteiger partial charge in [-0.15, -0.1) is 0 Å². The first-order chi connectivity index (χ1) is 16.2. The van der Waals surface area contributed by atoms with Gasteiger partial charge in [-0.2, -0.15) is 0 Å². The predicted molar refractivity (Wildman–Crippen MR) is 141 cm³/mol. The van der Waals surface area contributed by atoms with E-state index in [9.17, 15) is 0 Å². The number of pyridine rings is 1. The summed E-state index contributed by atoms with van der Waals surface area (Å²) in [6, 6.07) is 12.3. The van der Waals surface area contributed by atoms with Crippen LogP contribution in [0.5, 0.6) is 11.5 Å². The van der Waals surface area contributed by atoms with Crippen LogP contribution in [0.4, 0.5) is 0 Å². The van der Waals surface area contributed by atoms with Crippen LogP contribution >= 0.6 is 0 Å². The Bertz CT molecular complexity index is 711. The third-order valence-corrected chi connectivity index (χ3v) is 6.46. The molecule has 1 aromatic heterocycles. The van der Waals surface area contributed by atoms with Gasteiger partial charge in [0, 0.05) is 5.56 Å². The van der Waals surface area contributed by atoms with Crippen molar-refractivity contribution >= 4 is 0 Å². The lowest BCUT2D eigenvalue weighted by molar-refractivity contribution is 0.302. The zero-order valence-electron chi connectivity index (χ0n) is 21.5. The van der Waals surface area contributed by atoms with E-state index < -0.39 is 0 Å². The van der Waals surface area contributed by atoms with Crippen LogP contribution in [0, 0.1) is 5.92 Å². The molecular weight excluding hydrogens is 406 g/mol. The lowest BCUT2D eigenvalue weighted by atomic mass is 10.0. The van der Waals surface area contributed by atoms with Crippen molar-refractivity contribution < 1.29 is 9.47 Å². The summed E-state index contributed by atoms with van der Waals surface area (Å²) in [5.74, 6) is 2.64. The van der Waals surface area contributed by atoms with Gasteiger partial charge in [-0.3, -0.25) is 4.98 Å². The Kier molecular flexibility index (Phi) is 14.4. The topological polar surface area (TPSA) is 31.4 Å². The van der Waals surface area contributed by atoms with Crippen molar-refractivity contribution in [3.63, 3.8) is 0 Å². The standard InChI is InChI=1S/C30H47NO2/c1-4-6-7-8-9-10-11-14-24-33-29-21-22-30(31-25-29)27-17-19-28(20-18-27)32-23-15-12-13-16-26(3)5-2/h17-22,25-26H,4-16,23-24H2,1-3H3. The van der Waals surface area contributed by atoms with Crippen molar-refractivity contribution in [3.8, 4) is 22.8 Å². The Labute approximate surface area is 203 Å². The molecule has 2 rings (SSSR count). The number of nitrogens with zero attached hydrogens (tertiary/aromatic N) is 1. The summed E-state index contributed by atoms with van der Waals surface area (Å²) in [7, 11) is 0. The summed E-state index contributed by atoms with van der Waals surface area (Å²) in [6.07, 6.45) is 18.7. The molecule has 0 aliphatic heterocycles. The van der Waals surface area contributed by atoms with Crippen LogP contribution < -0.4 is 9.47 Å². The minimum Gasteiger partial charge on any atom is -0.494 e. The van der Waals surface area contributed by atoms with Crippen LogP contribution in [0.3, 0.4) is 0 Å². The number of aromatic nitrogens is 1. The highest BCUT2D eigenvalue weighted by Gasteiger charge is 2.03. The Balaban J connectivity index is 1.60. The highest BCUT2D eigenvalue weighted by atomic mass is 16.5. The van der Waals surface area contributed by atoms with Gasteiger partial charge < -0.3 is 9.47 Å². The van der Waals surface area contributed by atoms with Gasteiger partial charge in [0.15, 0.2) is 0 Å². The van der Waals surface area contributed by atoms with Crippen LogP contribution in [-0.4, -0.2) is 18.2 Å². The third kappa shape index (κ3) is 12.1. The van der Waals surface area contributed by atoms with E-state index in [0.717, 1.165) is 54.7 Å². The van der Waals surface area contributed by atoms with Crippen molar-refractivity contribution in [1.82, 2.24) is 4.98 Å². The molecule has 0 saturated carbocycles. The number of ether oxygens (including phenoxy) is 2. The molecule has 0 saturated heterocycles. The molecule has 0 aliphatic carbocycles. The summed E-state index contributed by atoms with van der Waals surface area (Å²) in [5, 5.41) is 0. The Hall–Kier alpha value is -2.03. The van der Waals surface area contributed by atoms with Gasteiger partial charge in [0.05, 0.1) is 25.1 Å². The van der Waals surface area contributed by atoms with Crippen LogP contribution in [0.15, 0.2) is 42.6 Å². The molecule has 0 amide bonds. The quantitative estimate of drug-likeness (QED) is 0.199. The molecule has 3 heteroatoms. The maximum Gasteiger partial charge on any atom is 0.137 e. The second-order valence-electron chi connectivity index (χ2n) is 9.44. The lowest BCUT2D eigenvalue weighted by Gasteiger charge is -2.09. The van der Waals surface area contributed by atoms with Gasteiger partial charge in [-0.1, -0.05) is 91.4 Å². The molecular formula is C30H47NO2. The number of unbranched alkanes of at least 4 members (excludes halogenated alkanes) is 9. The summed E-state index contributed by atoms with van der Waals surface area (Å²) in [6.45, 7) is 8.45. The second kappa shape index (κ2) is 17.4. The van der Waals surface area contributed by atoms with Gasteiger partial charge in [0.2, 0.25) is 0 Å². The fraction of sp³-hybridized carbons (Fsp3) is 0.633. The Morgan fingerprint density at radius 1 is 0.667 bits per heavy atom. The smallest absolute Gasteiger partial charge is 0.137 e. The first-order valence-electron chi connectivity index (χ1n) is 13.5. The van der Waals surface area contributed by atoms with E-state index in [-0.39, 0.29) is 0 Å². The molecule has 1 heterocycles. The molecule has 184 valence electrons. The molecule has 0 aliphatic rings. The number of rotatable bonds is 19. The Morgan fingerprint density at radius 2 is 1.24 bits per heavy atom. The molecule has 1 unspecified atom stereocenters. The van der Waals surface area contributed by atoms with E-state index in [1.807, 2.05) is 30.5 Å². The minimum absolute atomic E-state index is 0.777. The molecule has 1 aromatic carbocycles. The van der Waals surface area contributed by atoms with Crippen LogP contribution in [0.25, 0.3) is 11.3 Å². The third-order valence-electron chi connectivity index (χ3n) is 6.46. The van der Waals surface area contributed by atoms with E-state index >= 15 is 0 Å². The first kappa shape index (κ1) is 27.2. The van der Waals surface area contributed by atoms with Gasteiger partial charge in [-0.05, 0) is 55.2 Å². The number of hydrogen-bond donors (Lipinski definition) is 0. The van der Waals surface area contributed by atoms with Crippen LogP contribution in [0.2, 0.25) is 0 Å². The van der Waals surface area contributed by atoms with Crippen molar-refractivity contribution in [1.29, 1.82) is 0 Å². The van der Waals surface area contributed by atoms with E-state index in [1.54, 1.807) is 0 Å². The highest BCUT2D eigenvalue weighted by Crippen LogP contribution is 2.23. The number of benzene rings is 1. The Morgan fingerprint density at radius 3 is 1.85 bits per heavy atom. The summed E-state index contributed by atoms with van der Waals surface area (Å²) in [5.41, 5.74) is 2.07. The second-order valence-corrected chi connectivity index (χ2v) is 9.44. The first-order valence-corrected chi connectivity index (χ1v) is 13.5. The van der Waals surface area contributed by atoms with Gasteiger partial charge >= 0.3 is 0 Å². The molecule has 0 spiro atoms. The fourth-order valence-corrected chi connectivity index (χ4v) is 3.95. The van der Waals surface area contributed by atoms with Crippen molar-refractivity contribution in [2.24, 2.45) is 5.92 Å². The van der Waals surface area contributed by atoms with Gasteiger partial charge in [0.25, 0.3) is 0 Å². The SMILES string of the molecule is CCCCCCCCCCOc1ccc(-c2ccc(OCCCCCC(C)CC)cc2)nc1. The van der Waals surface area contributed by atoms with Crippen molar-refractivity contribution in [3.05, 3.63) is 42.6 Å².